The molecule has 8 aromatic rings. The summed E-state index contributed by atoms with van der Waals surface area (Å²) >= 11 is 0. The van der Waals surface area contributed by atoms with Crippen LogP contribution in [-0.2, 0) is 19.7 Å². The number of fused-ring (bicyclic) bond motifs is 2. The molecular weight excluding hydrogens is 755 g/mol. The Hall–Kier alpha value is -6.02. The molecule has 0 bridgehead atoms. The van der Waals surface area contributed by atoms with E-state index in [2.05, 4.69) is 58.3 Å². The first-order valence-electron chi connectivity index (χ1n) is 17.9. The first-order chi connectivity index (χ1) is 26.7. The Morgan fingerprint density at radius 1 is 0.526 bits per heavy atom. The average molecular weight is 800 g/mol. The standard InChI is InChI=1S/C22H21N3O2S.C21H20N4O2S.CH4/c1-15(2)16-7-9-17(10-8-16)19-12-23-22-21(13-24-25(22)14-19)18-5-4-6-20(11-18)28(3,26)27;1-14(22)15-6-8-16(9-7-15)18-11-23-21-20(12-24-25(21)13-18)17-4-3-5-19(10-17)28(2,26)27;/h4-15H,1-3H3;3-14H,22H2,1-2H3;1H4. The lowest BCUT2D eigenvalue weighted by Crippen LogP contribution is -2.04. The van der Waals surface area contributed by atoms with E-state index < -0.39 is 19.7 Å². The van der Waals surface area contributed by atoms with Crippen LogP contribution in [0.25, 0.3) is 55.8 Å². The molecule has 57 heavy (non-hydrogen) atoms. The maximum Gasteiger partial charge on any atom is 0.175 e. The van der Waals surface area contributed by atoms with Gasteiger partial charge in [-0.2, -0.15) is 10.2 Å². The molecule has 2 N–H and O–H groups in total. The van der Waals surface area contributed by atoms with E-state index in [1.165, 1.54) is 18.1 Å². The Balaban J connectivity index is 0.000000189. The van der Waals surface area contributed by atoms with Gasteiger partial charge in [-0.3, -0.25) is 0 Å². The predicted molar refractivity (Wildman–Crippen MR) is 227 cm³/mol. The summed E-state index contributed by atoms with van der Waals surface area (Å²) in [4.78, 5) is 9.72. The first-order valence-corrected chi connectivity index (χ1v) is 21.7. The maximum atomic E-state index is 11.8. The van der Waals surface area contributed by atoms with Crippen molar-refractivity contribution in [1.82, 2.24) is 29.2 Å². The monoisotopic (exact) mass is 799 g/mol. The van der Waals surface area contributed by atoms with Crippen molar-refractivity contribution in [2.24, 2.45) is 5.73 Å². The number of rotatable bonds is 8. The van der Waals surface area contributed by atoms with E-state index in [0.717, 1.165) is 50.1 Å². The van der Waals surface area contributed by atoms with Gasteiger partial charge in [0.2, 0.25) is 0 Å². The summed E-state index contributed by atoms with van der Waals surface area (Å²) in [6.45, 7) is 6.30. The van der Waals surface area contributed by atoms with Gasteiger partial charge in [0.05, 0.1) is 22.2 Å². The van der Waals surface area contributed by atoms with Crippen LogP contribution in [0, 0.1) is 0 Å². The topological polar surface area (TPSA) is 155 Å². The highest BCUT2D eigenvalue weighted by atomic mass is 32.2. The zero-order valence-electron chi connectivity index (χ0n) is 31.6. The third-order valence-electron chi connectivity index (χ3n) is 9.54. The second-order valence-corrected chi connectivity index (χ2v) is 18.2. The molecule has 292 valence electrons. The molecule has 0 spiro atoms. The van der Waals surface area contributed by atoms with Crippen LogP contribution in [0.5, 0.6) is 0 Å². The molecule has 13 heteroatoms. The molecule has 0 aliphatic heterocycles. The molecule has 0 saturated carbocycles. The largest absolute Gasteiger partial charge is 0.324 e. The fourth-order valence-electron chi connectivity index (χ4n) is 6.28. The van der Waals surface area contributed by atoms with E-state index in [1.807, 2.05) is 61.9 Å². The molecule has 1 atom stereocenters. The van der Waals surface area contributed by atoms with Gasteiger partial charge in [-0.15, -0.1) is 0 Å². The summed E-state index contributed by atoms with van der Waals surface area (Å²) in [7, 11) is -6.55. The molecule has 0 aliphatic rings. The highest BCUT2D eigenvalue weighted by Gasteiger charge is 2.15. The van der Waals surface area contributed by atoms with E-state index in [4.69, 9.17) is 5.73 Å². The van der Waals surface area contributed by atoms with Gasteiger partial charge in [0, 0.05) is 65.6 Å². The molecule has 4 aromatic heterocycles. The van der Waals surface area contributed by atoms with Crippen LogP contribution in [-0.4, -0.2) is 58.5 Å². The van der Waals surface area contributed by atoms with Crippen molar-refractivity contribution in [1.29, 1.82) is 0 Å². The number of sulfone groups is 2. The lowest BCUT2D eigenvalue weighted by Gasteiger charge is -2.07. The van der Waals surface area contributed by atoms with E-state index in [0.29, 0.717) is 17.2 Å². The molecule has 0 fully saturated rings. The number of hydrogen-bond acceptors (Lipinski definition) is 9. The molecule has 0 radical (unpaired) electrons. The molecular formula is C44H45N7O4S2. The Kier molecular flexibility index (Phi) is 11.6. The van der Waals surface area contributed by atoms with Gasteiger partial charge in [-0.25, -0.2) is 35.8 Å². The van der Waals surface area contributed by atoms with Crippen LogP contribution in [0.15, 0.2) is 144 Å². The molecule has 0 saturated heterocycles. The SMILES string of the molecule is C.CC(C)c1ccc(-c2cnc3c(-c4cccc(S(C)(=O)=O)c4)cnn3c2)cc1.CC(N)c1ccc(-c2cnc3c(-c4cccc(S(C)(=O)=O)c4)cnn3c2)cc1. The second-order valence-electron chi connectivity index (χ2n) is 14.1. The third-order valence-corrected chi connectivity index (χ3v) is 11.8. The minimum Gasteiger partial charge on any atom is -0.324 e. The predicted octanol–water partition coefficient (Wildman–Crippen LogP) is 8.71. The van der Waals surface area contributed by atoms with Crippen molar-refractivity contribution in [3.63, 3.8) is 0 Å². The average Bonchev–Trinajstić information content (AvgIpc) is 3.82. The molecule has 1 unspecified atom stereocenters. The van der Waals surface area contributed by atoms with Crippen LogP contribution in [0.3, 0.4) is 0 Å². The third kappa shape index (κ3) is 8.86. The van der Waals surface area contributed by atoms with E-state index in [9.17, 15) is 16.8 Å². The van der Waals surface area contributed by atoms with Gasteiger partial charge >= 0.3 is 0 Å². The summed E-state index contributed by atoms with van der Waals surface area (Å²) in [6, 6.07) is 30.2. The van der Waals surface area contributed by atoms with Crippen molar-refractivity contribution in [3.05, 3.63) is 145 Å². The maximum absolute atomic E-state index is 11.8. The first kappa shape index (κ1) is 40.6. The fraction of sp³-hybridized carbons (Fsp3) is 0.182. The quantitative estimate of drug-likeness (QED) is 0.159. The normalized spacial score (nSPS) is 12.3. The fourth-order valence-corrected chi connectivity index (χ4v) is 7.62. The minimum absolute atomic E-state index is 0. The molecule has 0 aliphatic carbocycles. The number of aromatic nitrogens is 6. The Labute approximate surface area is 333 Å². The van der Waals surface area contributed by atoms with E-state index >= 15 is 0 Å². The lowest BCUT2D eigenvalue weighted by molar-refractivity contribution is 0.600. The molecule has 8 rings (SSSR count). The highest BCUT2D eigenvalue weighted by Crippen LogP contribution is 2.30. The van der Waals surface area contributed by atoms with Crippen LogP contribution < -0.4 is 5.73 Å². The zero-order valence-corrected chi connectivity index (χ0v) is 33.2. The van der Waals surface area contributed by atoms with Gasteiger partial charge < -0.3 is 5.73 Å². The van der Waals surface area contributed by atoms with Gasteiger partial charge in [0.15, 0.2) is 31.0 Å². The Morgan fingerprint density at radius 3 is 1.30 bits per heavy atom. The van der Waals surface area contributed by atoms with Gasteiger partial charge in [0.25, 0.3) is 0 Å². The van der Waals surface area contributed by atoms with Crippen LogP contribution >= 0.6 is 0 Å². The summed E-state index contributed by atoms with van der Waals surface area (Å²) in [6.07, 6.45) is 13.3. The number of benzene rings is 4. The van der Waals surface area contributed by atoms with Crippen molar-refractivity contribution in [3.8, 4) is 44.5 Å². The number of nitrogens with zero attached hydrogens (tertiary/aromatic N) is 6. The summed E-state index contributed by atoms with van der Waals surface area (Å²) < 4.78 is 50.8. The summed E-state index contributed by atoms with van der Waals surface area (Å²) in [5, 5.41) is 8.83. The van der Waals surface area contributed by atoms with Crippen molar-refractivity contribution in [2.75, 3.05) is 12.5 Å². The summed E-state index contributed by atoms with van der Waals surface area (Å²) in [5.41, 5.74) is 16.8. The molecule has 4 heterocycles. The lowest BCUT2D eigenvalue weighted by atomic mass is 10.00. The molecule has 11 nitrogen and oxygen atoms in total. The number of hydrogen-bond donors (Lipinski definition) is 1. The summed E-state index contributed by atoms with van der Waals surface area (Å²) in [5.74, 6) is 0.492. The van der Waals surface area contributed by atoms with Gasteiger partial charge in [-0.1, -0.05) is 94.1 Å². The van der Waals surface area contributed by atoms with Crippen molar-refractivity contribution >= 4 is 31.0 Å². The smallest absolute Gasteiger partial charge is 0.175 e. The minimum atomic E-state index is -3.28. The molecule has 4 aromatic carbocycles. The Morgan fingerprint density at radius 2 is 0.930 bits per heavy atom. The van der Waals surface area contributed by atoms with Gasteiger partial charge in [-0.05, 0) is 70.5 Å². The van der Waals surface area contributed by atoms with E-state index in [1.54, 1.807) is 64.0 Å². The highest BCUT2D eigenvalue weighted by molar-refractivity contribution is 7.91. The Bertz CT molecular complexity index is 2720. The van der Waals surface area contributed by atoms with Gasteiger partial charge in [0.1, 0.15) is 0 Å². The van der Waals surface area contributed by atoms with E-state index in [-0.39, 0.29) is 23.3 Å². The van der Waals surface area contributed by atoms with Crippen molar-refractivity contribution < 1.29 is 16.8 Å². The second kappa shape index (κ2) is 16.2. The number of nitrogens with two attached hydrogens (primary N) is 1. The zero-order chi connectivity index (χ0) is 39.8. The van der Waals surface area contributed by atoms with Crippen LogP contribution in [0.2, 0.25) is 0 Å². The van der Waals surface area contributed by atoms with Crippen LogP contribution in [0.1, 0.15) is 51.3 Å². The molecule has 0 amide bonds. The van der Waals surface area contributed by atoms with Crippen molar-refractivity contribution in [2.45, 2.75) is 49.9 Å². The van der Waals surface area contributed by atoms with Crippen LogP contribution in [0.4, 0.5) is 0 Å².